The van der Waals surface area contributed by atoms with Crippen LogP contribution in [0.1, 0.15) is 17.9 Å². The summed E-state index contributed by atoms with van der Waals surface area (Å²) in [6.07, 6.45) is 0.998. The zero-order chi connectivity index (χ0) is 9.42. The number of nitrogens with two attached hydrogens (primary N) is 1. The van der Waals surface area contributed by atoms with Gasteiger partial charge in [-0.25, -0.2) is 0 Å². The second-order valence-corrected chi connectivity index (χ2v) is 3.35. The summed E-state index contributed by atoms with van der Waals surface area (Å²) in [5, 5.41) is 10.3. The number of nitro groups is 1. The molecular weight excluding hydrogens is 168 g/mol. The predicted octanol–water partition coefficient (Wildman–Crippen LogP) is 1.41. The number of benzene rings is 1. The lowest BCUT2D eigenvalue weighted by Crippen LogP contribution is -2.00. The molecule has 1 fully saturated rings. The molecule has 0 aliphatic heterocycles. The molecule has 0 bridgehead atoms. The zero-order valence-corrected chi connectivity index (χ0v) is 7.01. The number of non-ortho nitro benzene ring substituents is 1. The van der Waals surface area contributed by atoms with Crippen LogP contribution >= 0.6 is 0 Å². The summed E-state index contributed by atoms with van der Waals surface area (Å²) < 4.78 is 0. The Kier molecular flexibility index (Phi) is 1.77. The van der Waals surface area contributed by atoms with Crippen LogP contribution in [-0.2, 0) is 0 Å². The van der Waals surface area contributed by atoms with Crippen molar-refractivity contribution in [1.29, 1.82) is 0 Å². The van der Waals surface area contributed by atoms with Crippen LogP contribution in [0.3, 0.4) is 0 Å². The van der Waals surface area contributed by atoms with E-state index in [0.29, 0.717) is 5.92 Å². The van der Waals surface area contributed by atoms with E-state index in [-0.39, 0.29) is 11.7 Å². The largest absolute Gasteiger partial charge is 0.327 e. The molecule has 0 spiro atoms. The first-order valence-corrected chi connectivity index (χ1v) is 4.18. The van der Waals surface area contributed by atoms with Gasteiger partial charge in [-0.15, -0.1) is 0 Å². The first kappa shape index (κ1) is 8.19. The van der Waals surface area contributed by atoms with Crippen molar-refractivity contribution in [1.82, 2.24) is 0 Å². The lowest BCUT2D eigenvalue weighted by Gasteiger charge is -1.96. The SMILES string of the molecule is N[C@@H]1C[C@H]1c1ccc([N+](=O)[O-])cc1. The lowest BCUT2D eigenvalue weighted by molar-refractivity contribution is -0.384. The molecule has 2 atom stereocenters. The molecule has 1 aromatic carbocycles. The molecule has 13 heavy (non-hydrogen) atoms. The van der Waals surface area contributed by atoms with Crippen molar-refractivity contribution in [2.75, 3.05) is 0 Å². The molecule has 0 saturated heterocycles. The second-order valence-electron chi connectivity index (χ2n) is 3.35. The maximum atomic E-state index is 10.3. The van der Waals surface area contributed by atoms with Gasteiger partial charge >= 0.3 is 0 Å². The normalized spacial score (nSPS) is 25.6. The third-order valence-corrected chi connectivity index (χ3v) is 2.37. The average molecular weight is 178 g/mol. The zero-order valence-electron chi connectivity index (χ0n) is 7.01. The minimum Gasteiger partial charge on any atom is -0.327 e. The van der Waals surface area contributed by atoms with E-state index in [2.05, 4.69) is 0 Å². The fourth-order valence-corrected chi connectivity index (χ4v) is 1.44. The van der Waals surface area contributed by atoms with Gasteiger partial charge in [0.25, 0.3) is 5.69 Å². The molecule has 2 N–H and O–H groups in total. The summed E-state index contributed by atoms with van der Waals surface area (Å²) in [7, 11) is 0. The molecule has 4 heteroatoms. The Labute approximate surface area is 75.5 Å². The smallest absolute Gasteiger partial charge is 0.269 e. The highest BCUT2D eigenvalue weighted by molar-refractivity contribution is 5.37. The van der Waals surface area contributed by atoms with Gasteiger partial charge in [-0.3, -0.25) is 10.1 Å². The Morgan fingerprint density at radius 1 is 1.38 bits per heavy atom. The molecular formula is C9H10N2O2. The Morgan fingerprint density at radius 2 is 1.92 bits per heavy atom. The van der Waals surface area contributed by atoms with Gasteiger partial charge in [0.15, 0.2) is 0 Å². The third kappa shape index (κ3) is 1.53. The summed E-state index contributed by atoms with van der Waals surface area (Å²) in [6, 6.07) is 6.88. The van der Waals surface area contributed by atoms with E-state index in [4.69, 9.17) is 5.73 Å². The van der Waals surface area contributed by atoms with Gasteiger partial charge in [-0.1, -0.05) is 12.1 Å². The van der Waals surface area contributed by atoms with Crippen molar-refractivity contribution in [2.45, 2.75) is 18.4 Å². The van der Waals surface area contributed by atoms with Gasteiger partial charge in [0, 0.05) is 24.1 Å². The summed E-state index contributed by atoms with van der Waals surface area (Å²) >= 11 is 0. The molecule has 1 aliphatic carbocycles. The van der Waals surface area contributed by atoms with E-state index in [1.807, 2.05) is 0 Å². The van der Waals surface area contributed by atoms with Gasteiger partial charge < -0.3 is 5.73 Å². The molecule has 1 aliphatic rings. The molecule has 0 aromatic heterocycles. The first-order chi connectivity index (χ1) is 6.18. The lowest BCUT2D eigenvalue weighted by atomic mass is 10.1. The Hall–Kier alpha value is -1.42. The third-order valence-electron chi connectivity index (χ3n) is 2.37. The highest BCUT2D eigenvalue weighted by Crippen LogP contribution is 2.39. The molecule has 0 heterocycles. The highest BCUT2D eigenvalue weighted by atomic mass is 16.6. The number of nitro benzene ring substituents is 1. The summed E-state index contributed by atoms with van der Waals surface area (Å²) in [4.78, 5) is 9.95. The fraction of sp³-hybridized carbons (Fsp3) is 0.333. The van der Waals surface area contributed by atoms with E-state index in [9.17, 15) is 10.1 Å². The Bertz CT molecular complexity index is 334. The van der Waals surface area contributed by atoms with Crippen molar-refractivity contribution in [2.24, 2.45) is 5.73 Å². The minimum atomic E-state index is -0.392. The Morgan fingerprint density at radius 3 is 2.31 bits per heavy atom. The molecule has 1 aromatic rings. The van der Waals surface area contributed by atoms with Crippen LogP contribution in [0.2, 0.25) is 0 Å². The first-order valence-electron chi connectivity index (χ1n) is 4.18. The number of hydrogen-bond acceptors (Lipinski definition) is 3. The van der Waals surface area contributed by atoms with Crippen LogP contribution in [0, 0.1) is 10.1 Å². The van der Waals surface area contributed by atoms with Crippen LogP contribution in [-0.4, -0.2) is 11.0 Å². The van der Waals surface area contributed by atoms with Gasteiger partial charge in [-0.05, 0) is 12.0 Å². The van der Waals surface area contributed by atoms with E-state index in [1.165, 1.54) is 12.1 Å². The monoisotopic (exact) mass is 178 g/mol. The average Bonchev–Trinajstić information content (AvgIpc) is 2.83. The molecule has 0 amide bonds. The molecule has 68 valence electrons. The number of hydrogen-bond donors (Lipinski definition) is 1. The maximum Gasteiger partial charge on any atom is 0.269 e. The molecule has 0 unspecified atom stereocenters. The van der Waals surface area contributed by atoms with Crippen molar-refractivity contribution in [3.63, 3.8) is 0 Å². The van der Waals surface area contributed by atoms with Gasteiger partial charge in [0.2, 0.25) is 0 Å². The van der Waals surface area contributed by atoms with Crippen LogP contribution in [0.25, 0.3) is 0 Å². The fourth-order valence-electron chi connectivity index (χ4n) is 1.44. The predicted molar refractivity (Wildman–Crippen MR) is 48.4 cm³/mol. The highest BCUT2D eigenvalue weighted by Gasteiger charge is 2.34. The Balaban J connectivity index is 2.19. The summed E-state index contributed by atoms with van der Waals surface area (Å²) in [6.45, 7) is 0. The second kappa shape index (κ2) is 2.81. The molecule has 1 saturated carbocycles. The molecule has 2 rings (SSSR count). The number of rotatable bonds is 2. The van der Waals surface area contributed by atoms with Gasteiger partial charge in [0.05, 0.1) is 4.92 Å². The van der Waals surface area contributed by atoms with Crippen LogP contribution in [0.4, 0.5) is 5.69 Å². The summed E-state index contributed by atoms with van der Waals surface area (Å²) in [5.41, 5.74) is 6.91. The maximum absolute atomic E-state index is 10.3. The van der Waals surface area contributed by atoms with E-state index in [0.717, 1.165) is 12.0 Å². The van der Waals surface area contributed by atoms with Crippen molar-refractivity contribution >= 4 is 5.69 Å². The van der Waals surface area contributed by atoms with Gasteiger partial charge in [0.1, 0.15) is 0 Å². The van der Waals surface area contributed by atoms with Crippen LogP contribution < -0.4 is 5.73 Å². The van der Waals surface area contributed by atoms with Crippen LogP contribution in [0.15, 0.2) is 24.3 Å². The molecule has 4 nitrogen and oxygen atoms in total. The quantitative estimate of drug-likeness (QED) is 0.549. The van der Waals surface area contributed by atoms with Crippen molar-refractivity contribution in [3.8, 4) is 0 Å². The molecule has 0 radical (unpaired) electrons. The van der Waals surface area contributed by atoms with Crippen LogP contribution in [0.5, 0.6) is 0 Å². The van der Waals surface area contributed by atoms with Crippen molar-refractivity contribution < 1.29 is 4.92 Å². The standard InChI is InChI=1S/C9H10N2O2/c10-9-5-8(9)6-1-3-7(4-2-6)11(12)13/h1-4,8-9H,5,10H2/t8-,9+/m0/s1. The van der Waals surface area contributed by atoms with E-state index in [1.54, 1.807) is 12.1 Å². The topological polar surface area (TPSA) is 69.2 Å². The van der Waals surface area contributed by atoms with E-state index < -0.39 is 4.92 Å². The minimum absolute atomic E-state index is 0.137. The van der Waals surface area contributed by atoms with Gasteiger partial charge in [-0.2, -0.15) is 0 Å². The number of nitrogens with zero attached hydrogens (tertiary/aromatic N) is 1. The van der Waals surface area contributed by atoms with E-state index >= 15 is 0 Å². The summed E-state index contributed by atoms with van der Waals surface area (Å²) in [5.74, 6) is 0.417. The van der Waals surface area contributed by atoms with Crippen molar-refractivity contribution in [3.05, 3.63) is 39.9 Å².